The Morgan fingerprint density at radius 1 is 1.22 bits per heavy atom. The Kier molecular flexibility index (Phi) is 7.21. The lowest BCUT2D eigenvalue weighted by Gasteiger charge is -2.33. The van der Waals surface area contributed by atoms with Crippen LogP contribution in [0.25, 0.3) is 0 Å². The Morgan fingerprint density at radius 3 is 2.11 bits per heavy atom. The molecule has 0 rings (SSSR count). The van der Waals surface area contributed by atoms with Crippen LogP contribution in [0, 0.1) is 0 Å². The fourth-order valence-electron chi connectivity index (χ4n) is 1.07. The van der Waals surface area contributed by atoms with Crippen molar-refractivity contribution in [1.29, 1.82) is 0 Å². The molecule has 0 heterocycles. The predicted octanol–water partition coefficient (Wildman–Crippen LogP) is 1.70. The molecule has 0 saturated heterocycles. The summed E-state index contributed by atoms with van der Waals surface area (Å²) in [6.07, 6.45) is 2.34. The van der Waals surface area contributed by atoms with Crippen LogP contribution in [-0.2, 0) is 19.4 Å². The molecule has 4 N–H and O–H groups in total. The van der Waals surface area contributed by atoms with E-state index in [1.807, 2.05) is 6.92 Å². The number of rotatable bonds is 10. The maximum Gasteiger partial charge on any atom is 0.363 e. The van der Waals surface area contributed by atoms with Gasteiger partial charge >= 0.3 is 11.9 Å². The molecule has 18 heavy (non-hydrogen) atoms. The molecule has 0 aromatic heterocycles. The van der Waals surface area contributed by atoms with E-state index in [1.165, 1.54) is 0 Å². The molecule has 8 heteroatoms. The van der Waals surface area contributed by atoms with Gasteiger partial charge in [0.05, 0.1) is 0 Å². The zero-order valence-corrected chi connectivity index (χ0v) is 10.0. The SMILES string of the molecule is C=CC(OO)(OO)OC(O)(OO)C(=C)CCCC. The third kappa shape index (κ3) is 4.12. The van der Waals surface area contributed by atoms with Gasteiger partial charge in [-0.1, -0.05) is 26.5 Å². The molecule has 0 aromatic carbocycles. The first-order chi connectivity index (χ1) is 8.43. The van der Waals surface area contributed by atoms with Crippen LogP contribution < -0.4 is 0 Å². The molecule has 0 aliphatic heterocycles. The minimum Gasteiger partial charge on any atom is -0.338 e. The Morgan fingerprint density at radius 2 is 1.78 bits per heavy atom. The van der Waals surface area contributed by atoms with Gasteiger partial charge in [0.15, 0.2) is 0 Å². The van der Waals surface area contributed by atoms with Crippen molar-refractivity contribution < 1.29 is 40.3 Å². The van der Waals surface area contributed by atoms with E-state index < -0.39 is 11.9 Å². The lowest BCUT2D eigenvalue weighted by molar-refractivity contribution is -0.602. The highest BCUT2D eigenvalue weighted by Gasteiger charge is 2.46. The standard InChI is InChI=1S/C10H18O8/c1-4-6-7-8(3)10(11,18-14)15-9(5-2,16-12)17-13/h5,11-14H,2-4,6-7H2,1H3. The predicted molar refractivity (Wildman–Crippen MR) is 58.8 cm³/mol. The van der Waals surface area contributed by atoms with E-state index in [0.29, 0.717) is 12.5 Å². The van der Waals surface area contributed by atoms with Crippen LogP contribution in [0.1, 0.15) is 26.2 Å². The van der Waals surface area contributed by atoms with Crippen molar-refractivity contribution in [3.63, 3.8) is 0 Å². The highest BCUT2D eigenvalue weighted by atomic mass is 17.3. The maximum atomic E-state index is 9.82. The minimum atomic E-state index is -2.74. The van der Waals surface area contributed by atoms with E-state index >= 15 is 0 Å². The van der Waals surface area contributed by atoms with Gasteiger partial charge < -0.3 is 5.11 Å². The van der Waals surface area contributed by atoms with E-state index in [1.54, 1.807) is 0 Å². The second-order valence-corrected chi connectivity index (χ2v) is 3.47. The molecule has 0 aliphatic rings. The van der Waals surface area contributed by atoms with Gasteiger partial charge in [-0.05, 0) is 12.8 Å². The van der Waals surface area contributed by atoms with Gasteiger partial charge in [-0.15, -0.1) is 0 Å². The van der Waals surface area contributed by atoms with Crippen LogP contribution in [0.15, 0.2) is 24.8 Å². The van der Waals surface area contributed by atoms with Gasteiger partial charge in [-0.2, -0.15) is 14.7 Å². The molecule has 0 spiro atoms. The average Bonchev–Trinajstić information content (AvgIpc) is 2.42. The van der Waals surface area contributed by atoms with E-state index in [-0.39, 0.29) is 12.0 Å². The zero-order chi connectivity index (χ0) is 14.2. The van der Waals surface area contributed by atoms with Crippen molar-refractivity contribution in [2.75, 3.05) is 0 Å². The van der Waals surface area contributed by atoms with Crippen LogP contribution in [0.2, 0.25) is 0 Å². The smallest absolute Gasteiger partial charge is 0.338 e. The molecule has 0 fully saturated rings. The summed E-state index contributed by atoms with van der Waals surface area (Å²) in [5, 5.41) is 35.5. The van der Waals surface area contributed by atoms with Crippen molar-refractivity contribution in [2.24, 2.45) is 0 Å². The number of aliphatic hydroxyl groups is 1. The molecule has 0 saturated carbocycles. The van der Waals surface area contributed by atoms with E-state index in [4.69, 9.17) is 15.8 Å². The minimum absolute atomic E-state index is 0.0767. The summed E-state index contributed by atoms with van der Waals surface area (Å²) in [6.45, 7) is 8.49. The molecular formula is C10H18O8. The van der Waals surface area contributed by atoms with Gasteiger partial charge in [0.25, 0.3) is 0 Å². The molecule has 8 nitrogen and oxygen atoms in total. The average molecular weight is 266 g/mol. The van der Waals surface area contributed by atoms with Gasteiger partial charge in [0.2, 0.25) is 0 Å². The molecule has 0 radical (unpaired) electrons. The van der Waals surface area contributed by atoms with Gasteiger partial charge in [-0.3, -0.25) is 4.74 Å². The van der Waals surface area contributed by atoms with Gasteiger partial charge in [0, 0.05) is 11.6 Å². The van der Waals surface area contributed by atoms with Crippen LogP contribution in [0.3, 0.4) is 0 Å². The fourth-order valence-corrected chi connectivity index (χ4v) is 1.07. The van der Waals surface area contributed by atoms with Crippen LogP contribution in [0.4, 0.5) is 0 Å². The first kappa shape index (κ1) is 17.2. The summed E-state index contributed by atoms with van der Waals surface area (Å²) in [7, 11) is 0. The van der Waals surface area contributed by atoms with Gasteiger partial charge in [-0.25, -0.2) is 15.8 Å². The zero-order valence-electron chi connectivity index (χ0n) is 10.0. The van der Waals surface area contributed by atoms with Crippen molar-refractivity contribution in [1.82, 2.24) is 0 Å². The second-order valence-electron chi connectivity index (χ2n) is 3.47. The first-order valence-corrected chi connectivity index (χ1v) is 5.15. The highest BCUT2D eigenvalue weighted by molar-refractivity contribution is 5.03. The first-order valence-electron chi connectivity index (χ1n) is 5.15. The van der Waals surface area contributed by atoms with Crippen LogP contribution in [0.5, 0.6) is 0 Å². The largest absolute Gasteiger partial charge is 0.363 e. The monoisotopic (exact) mass is 266 g/mol. The van der Waals surface area contributed by atoms with Crippen molar-refractivity contribution in [3.8, 4) is 0 Å². The second kappa shape index (κ2) is 7.56. The maximum absolute atomic E-state index is 9.82. The number of hydrogen-bond acceptors (Lipinski definition) is 8. The number of unbranched alkanes of at least 4 members (excludes halogenated alkanes) is 1. The Hall–Kier alpha value is -0.840. The Labute approximate surface area is 104 Å². The summed E-state index contributed by atoms with van der Waals surface area (Å²) in [5.74, 6) is -5.37. The Bertz CT molecular complexity index is 275. The van der Waals surface area contributed by atoms with Crippen molar-refractivity contribution in [2.45, 2.75) is 38.1 Å². The molecule has 1 unspecified atom stereocenters. The highest BCUT2D eigenvalue weighted by Crippen LogP contribution is 2.29. The lowest BCUT2D eigenvalue weighted by Crippen LogP contribution is -2.48. The molecule has 106 valence electrons. The van der Waals surface area contributed by atoms with Crippen molar-refractivity contribution in [3.05, 3.63) is 24.8 Å². The van der Waals surface area contributed by atoms with Crippen LogP contribution >= 0.6 is 0 Å². The molecule has 1 atom stereocenters. The van der Waals surface area contributed by atoms with Crippen molar-refractivity contribution >= 4 is 0 Å². The molecule has 0 aromatic rings. The summed E-state index contributed by atoms with van der Waals surface area (Å²) < 4.78 is 4.60. The fraction of sp³-hybridized carbons (Fsp3) is 0.600. The quantitative estimate of drug-likeness (QED) is 0.204. The van der Waals surface area contributed by atoms with Crippen LogP contribution in [-0.4, -0.2) is 32.8 Å². The summed E-state index contributed by atoms with van der Waals surface area (Å²) in [5.41, 5.74) is -0.0767. The van der Waals surface area contributed by atoms with E-state index in [9.17, 15) is 5.11 Å². The molecular weight excluding hydrogens is 248 g/mol. The van der Waals surface area contributed by atoms with E-state index in [0.717, 1.165) is 6.42 Å². The molecule has 0 aliphatic carbocycles. The summed E-state index contributed by atoms with van der Waals surface area (Å²) >= 11 is 0. The summed E-state index contributed by atoms with van der Waals surface area (Å²) in [4.78, 5) is 11.1. The van der Waals surface area contributed by atoms with E-state index in [2.05, 4.69) is 32.6 Å². The number of ether oxygens (including phenoxy) is 1. The number of hydrogen-bond donors (Lipinski definition) is 4. The topological polar surface area (TPSA) is 118 Å². The Balaban J connectivity index is 4.93. The summed E-state index contributed by atoms with van der Waals surface area (Å²) in [6, 6.07) is 0. The van der Waals surface area contributed by atoms with Gasteiger partial charge in [0.1, 0.15) is 0 Å². The lowest BCUT2D eigenvalue weighted by atomic mass is 10.1. The third-order valence-corrected chi connectivity index (χ3v) is 2.19. The normalized spacial score (nSPS) is 15.2. The molecule has 0 bridgehead atoms. The third-order valence-electron chi connectivity index (χ3n) is 2.19. The molecule has 0 amide bonds.